The Kier molecular flexibility index (Phi) is 6.84. The third-order valence-electron chi connectivity index (χ3n) is 3.93. The van der Waals surface area contributed by atoms with Crippen LogP contribution in [0.3, 0.4) is 0 Å². The standard InChI is InChI=1S/C17H25FN4O/c18-14-6-4-5-13(11-14)12-16(23)20-9-10-21-17(19)22-15-7-2-1-3-8-15/h4-6,11,15H,1-3,7-10,12H2,(H,20,23)(H3,19,21,22). The Balaban J connectivity index is 1.63. The molecule has 0 aliphatic heterocycles. The van der Waals surface area contributed by atoms with Crippen molar-refractivity contribution in [2.24, 2.45) is 10.7 Å². The number of carbonyl (C=O) groups excluding carboxylic acids is 1. The second-order valence-electron chi connectivity index (χ2n) is 5.90. The van der Waals surface area contributed by atoms with Gasteiger partial charge >= 0.3 is 0 Å². The van der Waals surface area contributed by atoms with Crippen molar-refractivity contribution in [2.45, 2.75) is 44.6 Å². The van der Waals surface area contributed by atoms with Gasteiger partial charge in [0.25, 0.3) is 0 Å². The van der Waals surface area contributed by atoms with Gasteiger partial charge in [0.05, 0.1) is 13.0 Å². The Morgan fingerprint density at radius 2 is 2.09 bits per heavy atom. The predicted octanol–water partition coefficient (Wildman–Crippen LogP) is 1.72. The summed E-state index contributed by atoms with van der Waals surface area (Å²) in [7, 11) is 0. The molecule has 4 N–H and O–H groups in total. The number of nitrogens with zero attached hydrogens (tertiary/aromatic N) is 1. The fourth-order valence-electron chi connectivity index (χ4n) is 2.77. The zero-order chi connectivity index (χ0) is 16.5. The molecule has 1 aliphatic rings. The van der Waals surface area contributed by atoms with E-state index >= 15 is 0 Å². The second-order valence-corrected chi connectivity index (χ2v) is 5.90. The fraction of sp³-hybridized carbons (Fsp3) is 0.529. The molecule has 0 spiro atoms. The first-order valence-corrected chi connectivity index (χ1v) is 8.21. The predicted molar refractivity (Wildman–Crippen MR) is 89.6 cm³/mol. The molecule has 1 aliphatic carbocycles. The summed E-state index contributed by atoms with van der Waals surface area (Å²) in [5, 5.41) is 5.98. The van der Waals surface area contributed by atoms with E-state index in [4.69, 9.17) is 5.73 Å². The molecule has 0 aromatic heterocycles. The van der Waals surface area contributed by atoms with Crippen molar-refractivity contribution in [2.75, 3.05) is 13.1 Å². The molecule has 0 bridgehead atoms. The highest BCUT2D eigenvalue weighted by Crippen LogP contribution is 2.16. The number of amides is 1. The van der Waals surface area contributed by atoms with Gasteiger partial charge in [-0.2, -0.15) is 0 Å². The number of carbonyl (C=O) groups is 1. The number of nitrogens with two attached hydrogens (primary N) is 1. The van der Waals surface area contributed by atoms with E-state index in [0.717, 1.165) is 12.8 Å². The largest absolute Gasteiger partial charge is 0.370 e. The van der Waals surface area contributed by atoms with Gasteiger partial charge in [-0.05, 0) is 30.5 Å². The van der Waals surface area contributed by atoms with Gasteiger partial charge in [-0.15, -0.1) is 0 Å². The SMILES string of the molecule is NC(=NCCNC(=O)Cc1cccc(F)c1)NC1CCCCC1. The van der Waals surface area contributed by atoms with Crippen LogP contribution in [0.25, 0.3) is 0 Å². The van der Waals surface area contributed by atoms with Crippen molar-refractivity contribution in [3.8, 4) is 0 Å². The molecule has 1 fully saturated rings. The van der Waals surface area contributed by atoms with Crippen LogP contribution in [0.1, 0.15) is 37.7 Å². The highest BCUT2D eigenvalue weighted by molar-refractivity contribution is 5.79. The Labute approximate surface area is 136 Å². The van der Waals surface area contributed by atoms with Crippen LogP contribution in [0.4, 0.5) is 4.39 Å². The molecule has 1 aromatic carbocycles. The number of hydrogen-bond acceptors (Lipinski definition) is 2. The van der Waals surface area contributed by atoms with Crippen molar-refractivity contribution < 1.29 is 9.18 Å². The lowest BCUT2D eigenvalue weighted by molar-refractivity contribution is -0.120. The van der Waals surface area contributed by atoms with E-state index in [-0.39, 0.29) is 18.1 Å². The topological polar surface area (TPSA) is 79.5 Å². The van der Waals surface area contributed by atoms with Gasteiger partial charge in [0.1, 0.15) is 5.82 Å². The van der Waals surface area contributed by atoms with Crippen LogP contribution in [0.15, 0.2) is 29.3 Å². The van der Waals surface area contributed by atoms with Crippen LogP contribution in [-0.4, -0.2) is 31.0 Å². The Morgan fingerprint density at radius 3 is 2.83 bits per heavy atom. The number of guanidine groups is 1. The highest BCUT2D eigenvalue weighted by Gasteiger charge is 2.13. The molecule has 126 valence electrons. The van der Waals surface area contributed by atoms with Gasteiger partial charge in [0, 0.05) is 12.6 Å². The van der Waals surface area contributed by atoms with E-state index in [1.165, 1.54) is 31.4 Å². The molecule has 0 unspecified atom stereocenters. The van der Waals surface area contributed by atoms with E-state index in [0.29, 0.717) is 30.7 Å². The molecule has 0 atom stereocenters. The highest BCUT2D eigenvalue weighted by atomic mass is 19.1. The molecule has 1 amide bonds. The molecule has 2 rings (SSSR count). The minimum atomic E-state index is -0.332. The average Bonchev–Trinajstić information content (AvgIpc) is 2.52. The molecule has 23 heavy (non-hydrogen) atoms. The van der Waals surface area contributed by atoms with Crippen molar-refractivity contribution >= 4 is 11.9 Å². The smallest absolute Gasteiger partial charge is 0.224 e. The third-order valence-corrected chi connectivity index (χ3v) is 3.93. The number of halogens is 1. The first kappa shape index (κ1) is 17.2. The van der Waals surface area contributed by atoms with Gasteiger partial charge in [0.2, 0.25) is 5.91 Å². The van der Waals surface area contributed by atoms with E-state index in [9.17, 15) is 9.18 Å². The quantitative estimate of drug-likeness (QED) is 0.424. The summed E-state index contributed by atoms with van der Waals surface area (Å²) in [5.74, 6) is -0.0395. The van der Waals surface area contributed by atoms with Gasteiger partial charge in [0.15, 0.2) is 5.96 Å². The summed E-state index contributed by atoms with van der Waals surface area (Å²) in [6.07, 6.45) is 6.22. The van der Waals surface area contributed by atoms with E-state index in [2.05, 4.69) is 15.6 Å². The molecular formula is C17H25FN4O. The first-order chi connectivity index (χ1) is 11.1. The zero-order valence-electron chi connectivity index (χ0n) is 13.4. The summed E-state index contributed by atoms with van der Waals surface area (Å²) in [4.78, 5) is 16.0. The van der Waals surface area contributed by atoms with Crippen molar-refractivity contribution in [1.82, 2.24) is 10.6 Å². The minimum absolute atomic E-state index is 0.149. The van der Waals surface area contributed by atoms with Crippen LogP contribution in [0.5, 0.6) is 0 Å². The molecular weight excluding hydrogens is 295 g/mol. The Morgan fingerprint density at radius 1 is 1.30 bits per heavy atom. The van der Waals surface area contributed by atoms with E-state index < -0.39 is 0 Å². The van der Waals surface area contributed by atoms with Gasteiger partial charge in [-0.1, -0.05) is 31.4 Å². The number of rotatable bonds is 6. The van der Waals surface area contributed by atoms with Crippen LogP contribution in [0, 0.1) is 5.82 Å². The van der Waals surface area contributed by atoms with E-state index in [1.54, 1.807) is 12.1 Å². The van der Waals surface area contributed by atoms with Crippen LogP contribution in [0.2, 0.25) is 0 Å². The monoisotopic (exact) mass is 320 g/mol. The molecule has 5 nitrogen and oxygen atoms in total. The van der Waals surface area contributed by atoms with Crippen molar-refractivity contribution in [3.63, 3.8) is 0 Å². The number of aliphatic imine (C=N–C) groups is 1. The van der Waals surface area contributed by atoms with Crippen LogP contribution < -0.4 is 16.4 Å². The number of benzene rings is 1. The Hall–Kier alpha value is -2.11. The fourth-order valence-corrected chi connectivity index (χ4v) is 2.77. The average molecular weight is 320 g/mol. The second kappa shape index (κ2) is 9.12. The molecule has 0 radical (unpaired) electrons. The summed E-state index contributed by atoms with van der Waals surface area (Å²) in [6, 6.07) is 6.48. The summed E-state index contributed by atoms with van der Waals surface area (Å²) >= 11 is 0. The maximum Gasteiger partial charge on any atom is 0.224 e. The molecule has 1 saturated carbocycles. The van der Waals surface area contributed by atoms with E-state index in [1.807, 2.05) is 0 Å². The minimum Gasteiger partial charge on any atom is -0.370 e. The summed E-state index contributed by atoms with van der Waals surface area (Å²) in [5.41, 5.74) is 6.50. The lowest BCUT2D eigenvalue weighted by Gasteiger charge is -2.23. The lowest BCUT2D eigenvalue weighted by atomic mass is 9.96. The first-order valence-electron chi connectivity index (χ1n) is 8.21. The van der Waals surface area contributed by atoms with Gasteiger partial charge < -0.3 is 16.4 Å². The maximum atomic E-state index is 13.0. The Bertz CT molecular complexity index is 541. The number of nitrogens with one attached hydrogen (secondary N) is 2. The molecule has 0 saturated heterocycles. The summed E-state index contributed by atoms with van der Waals surface area (Å²) in [6.45, 7) is 0.849. The van der Waals surface area contributed by atoms with Crippen molar-refractivity contribution in [1.29, 1.82) is 0 Å². The zero-order valence-corrected chi connectivity index (χ0v) is 13.4. The molecule has 1 aromatic rings. The summed E-state index contributed by atoms with van der Waals surface area (Å²) < 4.78 is 13.0. The maximum absolute atomic E-state index is 13.0. The lowest BCUT2D eigenvalue weighted by Crippen LogP contribution is -2.41. The normalized spacial score (nSPS) is 16.1. The molecule has 0 heterocycles. The number of hydrogen-bond donors (Lipinski definition) is 3. The van der Waals surface area contributed by atoms with Crippen LogP contribution in [-0.2, 0) is 11.2 Å². The van der Waals surface area contributed by atoms with Crippen molar-refractivity contribution in [3.05, 3.63) is 35.6 Å². The third kappa shape index (κ3) is 6.67. The molecule has 6 heteroatoms. The van der Waals surface area contributed by atoms with Crippen LogP contribution >= 0.6 is 0 Å². The van der Waals surface area contributed by atoms with Gasteiger partial charge in [-0.25, -0.2) is 4.39 Å². The van der Waals surface area contributed by atoms with Gasteiger partial charge in [-0.3, -0.25) is 9.79 Å².